The summed E-state index contributed by atoms with van der Waals surface area (Å²) >= 11 is 1.07. The Bertz CT molecular complexity index is 1000. The largest absolute Gasteiger partial charge is 0.387 e. The van der Waals surface area contributed by atoms with Gasteiger partial charge in [0.1, 0.15) is 17.3 Å². The molecular formula is C19H13F2N3O2S. The van der Waals surface area contributed by atoms with E-state index in [1.54, 1.807) is 0 Å². The molecule has 8 heteroatoms. The maximum atomic E-state index is 13.9. The molecule has 4 rings (SSSR count). The Morgan fingerprint density at radius 3 is 2.59 bits per heavy atom. The highest BCUT2D eigenvalue weighted by atomic mass is 32.1. The quantitative estimate of drug-likeness (QED) is 0.717. The van der Waals surface area contributed by atoms with Crippen LogP contribution < -0.4 is 5.32 Å². The first-order chi connectivity index (χ1) is 13.1. The van der Waals surface area contributed by atoms with Crippen molar-refractivity contribution in [3.63, 3.8) is 0 Å². The maximum Gasteiger partial charge on any atom is 0.275 e. The molecule has 0 aliphatic carbocycles. The first kappa shape index (κ1) is 17.3. The van der Waals surface area contributed by atoms with Crippen LogP contribution in [0.1, 0.15) is 18.1 Å². The van der Waals surface area contributed by atoms with E-state index in [9.17, 15) is 13.6 Å². The van der Waals surface area contributed by atoms with Crippen molar-refractivity contribution in [2.45, 2.75) is 12.5 Å². The molecule has 1 amide bonds. The minimum atomic E-state index is -0.711. The monoisotopic (exact) mass is 385 g/mol. The van der Waals surface area contributed by atoms with E-state index in [4.69, 9.17) is 4.84 Å². The predicted octanol–water partition coefficient (Wildman–Crippen LogP) is 4.54. The zero-order valence-electron chi connectivity index (χ0n) is 13.9. The minimum Gasteiger partial charge on any atom is -0.387 e. The van der Waals surface area contributed by atoms with Crippen LogP contribution in [0, 0.1) is 11.6 Å². The molecule has 5 nitrogen and oxygen atoms in total. The minimum absolute atomic E-state index is 0.123. The highest BCUT2D eigenvalue weighted by Crippen LogP contribution is 2.30. The zero-order valence-corrected chi connectivity index (χ0v) is 14.7. The molecule has 27 heavy (non-hydrogen) atoms. The summed E-state index contributed by atoms with van der Waals surface area (Å²) in [5, 5.41) is 8.15. The first-order valence-electron chi connectivity index (χ1n) is 8.10. The Morgan fingerprint density at radius 1 is 1.11 bits per heavy atom. The van der Waals surface area contributed by atoms with Gasteiger partial charge in [0.25, 0.3) is 5.91 Å². The van der Waals surface area contributed by atoms with Gasteiger partial charge in [-0.1, -0.05) is 41.6 Å². The van der Waals surface area contributed by atoms with E-state index >= 15 is 0 Å². The fourth-order valence-corrected chi connectivity index (χ4v) is 3.41. The average Bonchev–Trinajstić information content (AvgIpc) is 3.32. The number of thiazole rings is 1. The van der Waals surface area contributed by atoms with Crippen molar-refractivity contribution in [1.82, 2.24) is 4.98 Å². The predicted molar refractivity (Wildman–Crippen MR) is 98.4 cm³/mol. The molecule has 1 aliphatic heterocycles. The summed E-state index contributed by atoms with van der Waals surface area (Å²) in [7, 11) is 0. The fraction of sp³-hybridized carbons (Fsp3) is 0.105. The van der Waals surface area contributed by atoms with Crippen LogP contribution in [-0.2, 0) is 9.63 Å². The van der Waals surface area contributed by atoms with Crippen molar-refractivity contribution >= 4 is 28.1 Å². The fourth-order valence-electron chi connectivity index (χ4n) is 2.72. The van der Waals surface area contributed by atoms with E-state index in [2.05, 4.69) is 15.5 Å². The van der Waals surface area contributed by atoms with Gasteiger partial charge in [-0.05, 0) is 17.7 Å². The van der Waals surface area contributed by atoms with Gasteiger partial charge in [-0.3, -0.25) is 10.1 Å². The van der Waals surface area contributed by atoms with Crippen LogP contribution in [0.3, 0.4) is 0 Å². The smallest absolute Gasteiger partial charge is 0.275 e. The lowest BCUT2D eigenvalue weighted by molar-refractivity contribution is -0.110. The summed E-state index contributed by atoms with van der Waals surface area (Å²) in [6.07, 6.45) is 0.0158. The molecule has 1 atom stereocenters. The topological polar surface area (TPSA) is 63.6 Å². The van der Waals surface area contributed by atoms with E-state index in [0.29, 0.717) is 6.42 Å². The van der Waals surface area contributed by atoms with E-state index in [0.717, 1.165) is 29.0 Å². The van der Waals surface area contributed by atoms with Gasteiger partial charge in [-0.15, -0.1) is 11.3 Å². The molecule has 3 aromatic rings. The standard InChI is InChI=1S/C19H13F2N3O2S/c20-12-7-4-8-13(21)17(12)15-10-27-19(22-15)23-18(25)14-9-16(26-24-14)11-5-2-1-3-6-11/h1-8,10,16H,9H2,(H,22,23,25)/t16-/m0/s1. The van der Waals surface area contributed by atoms with E-state index in [1.807, 2.05) is 30.3 Å². The number of nitrogens with zero attached hydrogens (tertiary/aromatic N) is 2. The number of carbonyl (C=O) groups is 1. The molecule has 0 saturated carbocycles. The highest BCUT2D eigenvalue weighted by Gasteiger charge is 2.28. The Labute approximate surface area is 157 Å². The molecule has 1 aromatic heterocycles. The number of oxime groups is 1. The summed E-state index contributed by atoms with van der Waals surface area (Å²) in [5.74, 6) is -1.88. The van der Waals surface area contributed by atoms with Crippen molar-refractivity contribution in [2.75, 3.05) is 5.32 Å². The number of rotatable bonds is 4. The van der Waals surface area contributed by atoms with Crippen molar-refractivity contribution in [2.24, 2.45) is 5.16 Å². The van der Waals surface area contributed by atoms with Crippen LogP contribution in [0.25, 0.3) is 11.3 Å². The van der Waals surface area contributed by atoms with Crippen molar-refractivity contribution in [1.29, 1.82) is 0 Å². The van der Waals surface area contributed by atoms with Crippen LogP contribution in [0.4, 0.5) is 13.9 Å². The second kappa shape index (κ2) is 7.24. The summed E-state index contributed by atoms with van der Waals surface area (Å²) in [4.78, 5) is 21.8. The van der Waals surface area contributed by atoms with Gasteiger partial charge in [0.05, 0.1) is 11.3 Å². The Hall–Kier alpha value is -3.13. The normalized spacial score (nSPS) is 15.9. The zero-order chi connectivity index (χ0) is 18.8. The summed E-state index contributed by atoms with van der Waals surface area (Å²) in [5.41, 5.74) is 1.06. The van der Waals surface area contributed by atoms with Crippen LogP contribution >= 0.6 is 11.3 Å². The molecule has 0 saturated heterocycles. The number of carbonyl (C=O) groups excluding carboxylic acids is 1. The van der Waals surface area contributed by atoms with Crippen LogP contribution in [0.15, 0.2) is 59.1 Å². The summed E-state index contributed by atoms with van der Waals surface area (Å²) < 4.78 is 27.7. The molecule has 0 radical (unpaired) electrons. The average molecular weight is 385 g/mol. The van der Waals surface area contributed by atoms with Crippen molar-refractivity contribution in [3.8, 4) is 11.3 Å². The molecule has 136 valence electrons. The van der Waals surface area contributed by atoms with Crippen LogP contribution in [0.2, 0.25) is 0 Å². The third-order valence-corrected chi connectivity index (χ3v) is 4.80. The molecule has 0 unspecified atom stereocenters. The third kappa shape index (κ3) is 3.56. The Morgan fingerprint density at radius 2 is 1.85 bits per heavy atom. The second-order valence-electron chi connectivity index (χ2n) is 5.84. The number of hydrogen-bond donors (Lipinski definition) is 1. The van der Waals surface area contributed by atoms with Gasteiger partial charge < -0.3 is 4.84 Å². The van der Waals surface area contributed by atoms with E-state index < -0.39 is 17.5 Å². The SMILES string of the molecule is O=C(Nc1nc(-c2c(F)cccc2F)cs1)C1=NO[C@H](c2ccccc2)C1. The highest BCUT2D eigenvalue weighted by molar-refractivity contribution is 7.14. The first-order valence-corrected chi connectivity index (χ1v) is 8.98. The molecule has 1 aliphatic rings. The Balaban J connectivity index is 1.45. The van der Waals surface area contributed by atoms with Crippen molar-refractivity contribution in [3.05, 3.63) is 71.1 Å². The lowest BCUT2D eigenvalue weighted by Gasteiger charge is -2.07. The molecule has 1 N–H and O–H groups in total. The number of amides is 1. The lowest BCUT2D eigenvalue weighted by atomic mass is 10.0. The van der Waals surface area contributed by atoms with Crippen LogP contribution in [-0.4, -0.2) is 16.6 Å². The summed E-state index contributed by atoms with van der Waals surface area (Å²) in [6, 6.07) is 13.1. The maximum absolute atomic E-state index is 13.9. The summed E-state index contributed by atoms with van der Waals surface area (Å²) in [6.45, 7) is 0. The number of benzene rings is 2. The molecule has 0 spiro atoms. The van der Waals surface area contributed by atoms with E-state index in [-0.39, 0.29) is 28.2 Å². The number of hydrogen-bond acceptors (Lipinski definition) is 5. The van der Waals surface area contributed by atoms with Crippen molar-refractivity contribution < 1.29 is 18.4 Å². The van der Waals surface area contributed by atoms with Gasteiger partial charge in [0.2, 0.25) is 0 Å². The molecule has 2 heterocycles. The van der Waals surface area contributed by atoms with Crippen LogP contribution in [0.5, 0.6) is 0 Å². The Kier molecular flexibility index (Phi) is 4.64. The van der Waals surface area contributed by atoms with Gasteiger partial charge in [-0.25, -0.2) is 13.8 Å². The van der Waals surface area contributed by atoms with Gasteiger partial charge in [-0.2, -0.15) is 0 Å². The number of nitrogens with one attached hydrogen (secondary N) is 1. The lowest BCUT2D eigenvalue weighted by Crippen LogP contribution is -2.21. The van der Waals surface area contributed by atoms with Gasteiger partial charge >= 0.3 is 0 Å². The molecular weight excluding hydrogens is 372 g/mol. The second-order valence-corrected chi connectivity index (χ2v) is 6.69. The van der Waals surface area contributed by atoms with Gasteiger partial charge in [0.15, 0.2) is 11.2 Å². The molecule has 0 fully saturated rings. The number of anilines is 1. The van der Waals surface area contributed by atoms with Gasteiger partial charge in [0, 0.05) is 11.8 Å². The third-order valence-electron chi connectivity index (χ3n) is 4.05. The van der Waals surface area contributed by atoms with E-state index in [1.165, 1.54) is 11.4 Å². The molecule has 2 aromatic carbocycles. The number of halogens is 2. The molecule has 0 bridgehead atoms. The number of aromatic nitrogens is 1.